The van der Waals surface area contributed by atoms with Crippen LogP contribution in [-0.2, 0) is 23.4 Å². The van der Waals surface area contributed by atoms with Gasteiger partial charge in [-0.2, -0.15) is 15.1 Å². The maximum atomic E-state index is 16.3. The van der Waals surface area contributed by atoms with Gasteiger partial charge < -0.3 is 29.7 Å². The normalized spacial score (nSPS) is 28.0. The summed E-state index contributed by atoms with van der Waals surface area (Å²) in [6, 6.07) is 6.86. The van der Waals surface area contributed by atoms with E-state index < -0.39 is 61.4 Å². The molecule has 2 aliphatic rings. The van der Waals surface area contributed by atoms with Crippen LogP contribution in [0.5, 0.6) is 5.75 Å². The van der Waals surface area contributed by atoms with Crippen molar-refractivity contribution in [2.24, 2.45) is 0 Å². The van der Waals surface area contributed by atoms with Crippen molar-refractivity contribution in [3.8, 4) is 5.75 Å². The molecule has 1 aromatic carbocycles. The summed E-state index contributed by atoms with van der Waals surface area (Å²) in [5, 5.41) is 14.2. The topological polar surface area (TPSA) is 176 Å². The van der Waals surface area contributed by atoms with Gasteiger partial charge >= 0.3 is 13.7 Å². The van der Waals surface area contributed by atoms with Crippen LogP contribution in [0.25, 0.3) is 11.2 Å². The van der Waals surface area contributed by atoms with Crippen LogP contribution in [0.2, 0.25) is 0 Å². The minimum atomic E-state index is -4.50. The Morgan fingerprint density at radius 2 is 1.95 bits per heavy atom. The molecule has 5 rings (SSSR count). The predicted octanol–water partition coefficient (Wildman–Crippen LogP) is 3.35. The van der Waals surface area contributed by atoms with Gasteiger partial charge in [0.15, 0.2) is 35.0 Å². The van der Waals surface area contributed by atoms with E-state index in [4.69, 9.17) is 35.9 Å². The number of nitrogens with one attached hydrogen (secondary N) is 1. The van der Waals surface area contributed by atoms with Crippen molar-refractivity contribution in [1.29, 1.82) is 0 Å². The van der Waals surface area contributed by atoms with E-state index in [2.05, 4.69) is 20.0 Å². The van der Waals surface area contributed by atoms with Crippen molar-refractivity contribution in [1.82, 2.24) is 24.6 Å². The molecule has 0 spiro atoms. The first kappa shape index (κ1) is 32.3. The highest BCUT2D eigenvalue weighted by molar-refractivity contribution is 7.52. The average Bonchev–Trinajstić information content (AvgIpc) is 3.21. The van der Waals surface area contributed by atoms with Crippen molar-refractivity contribution < 1.29 is 37.4 Å². The monoisotopic (exact) mass is 655 g/mol. The molecule has 0 bridgehead atoms. The molecule has 2 unspecified atom stereocenters. The first-order chi connectivity index (χ1) is 20.8. The number of aliphatic hydroxyl groups is 1. The summed E-state index contributed by atoms with van der Waals surface area (Å²) < 4.78 is 54.5. The van der Waals surface area contributed by atoms with Crippen LogP contribution < -0.4 is 20.2 Å². The number of esters is 1. The average molecular weight is 656 g/mol. The van der Waals surface area contributed by atoms with E-state index in [0.717, 1.165) is 0 Å². The number of fused-ring (bicyclic) bond motifs is 2. The lowest BCUT2D eigenvalue weighted by Crippen LogP contribution is -2.38. The van der Waals surface area contributed by atoms with Crippen LogP contribution in [0, 0.1) is 0 Å². The number of carbonyl (C=O) groups excluding carboxylic acids is 1. The molecule has 44 heavy (non-hydrogen) atoms. The maximum Gasteiger partial charge on any atom is 0.459 e. The summed E-state index contributed by atoms with van der Waals surface area (Å²) in [5.41, 5.74) is 2.36. The standard InChI is InChI=1S/C27H36ClFN7O7P/c1-6-35(7-2)20-18-21(33-25(30)32-20)36(14-31-18)22-19(29)27(38)24(26(27,13-28)41-22)43-44(39,42-17-11-9-8-10-12-17)34-16(5)23(37)40-15(3)4/h8-12,14-16,19,22,24,38H,6-7,13H2,1-5H3,(H,34,39)(H2,30,32,33)/t16-,19+,22+,24?,26+,27+,44?/m0/s1. The third kappa shape index (κ3) is 5.39. The molecular formula is C27H36ClFN7O7P. The maximum absolute atomic E-state index is 16.3. The van der Waals surface area contributed by atoms with Gasteiger partial charge in [0.2, 0.25) is 5.95 Å². The predicted molar refractivity (Wildman–Crippen MR) is 160 cm³/mol. The molecule has 4 N–H and O–H groups in total. The number of imidazole rings is 1. The number of halogens is 2. The Labute approximate surface area is 258 Å². The fourth-order valence-electron chi connectivity index (χ4n) is 5.39. The second-order valence-corrected chi connectivity index (χ2v) is 12.8. The van der Waals surface area contributed by atoms with Crippen LogP contribution in [0.3, 0.4) is 0 Å². The number of benzene rings is 1. The van der Waals surface area contributed by atoms with Gasteiger partial charge in [0.05, 0.1) is 18.3 Å². The van der Waals surface area contributed by atoms with Gasteiger partial charge in [0.1, 0.15) is 23.5 Å². The van der Waals surface area contributed by atoms with E-state index in [1.165, 1.54) is 30.0 Å². The molecule has 1 aliphatic heterocycles. The summed E-state index contributed by atoms with van der Waals surface area (Å²) in [5.74, 6) is -0.610. The first-order valence-electron chi connectivity index (χ1n) is 14.2. The minimum Gasteiger partial charge on any atom is -0.462 e. The summed E-state index contributed by atoms with van der Waals surface area (Å²) in [7, 11) is -4.50. The number of carbonyl (C=O) groups is 1. The summed E-state index contributed by atoms with van der Waals surface area (Å²) in [4.78, 5) is 27.4. The Hall–Kier alpha value is -3.07. The number of hydrogen-bond acceptors (Lipinski definition) is 12. The number of para-hydroxylation sites is 1. The fraction of sp³-hybridized carbons (Fsp3) is 0.556. The summed E-state index contributed by atoms with van der Waals surface area (Å²) in [6.45, 7) is 9.84. The van der Waals surface area contributed by atoms with Crippen molar-refractivity contribution in [3.05, 3.63) is 36.7 Å². The Bertz CT molecular complexity index is 1560. The van der Waals surface area contributed by atoms with Gasteiger partial charge in [0.25, 0.3) is 0 Å². The minimum absolute atomic E-state index is 0.0538. The van der Waals surface area contributed by atoms with Crippen LogP contribution in [-0.4, -0.2) is 85.2 Å². The summed E-state index contributed by atoms with van der Waals surface area (Å²) >= 11 is 6.28. The third-order valence-electron chi connectivity index (χ3n) is 7.65. The van der Waals surface area contributed by atoms with E-state index in [9.17, 15) is 14.5 Å². The van der Waals surface area contributed by atoms with Gasteiger partial charge in [-0.15, -0.1) is 11.6 Å². The zero-order valence-corrected chi connectivity index (χ0v) is 26.5. The second kappa shape index (κ2) is 12.0. The van der Waals surface area contributed by atoms with Crippen molar-refractivity contribution in [3.63, 3.8) is 0 Å². The number of hydrogen-bond donors (Lipinski definition) is 3. The third-order valence-corrected chi connectivity index (χ3v) is 9.69. The molecule has 1 saturated carbocycles. The number of aromatic nitrogens is 4. The number of nitrogen functional groups attached to an aromatic ring is 1. The quantitative estimate of drug-likeness (QED) is 0.139. The lowest BCUT2D eigenvalue weighted by atomic mass is 10.1. The molecule has 240 valence electrons. The highest BCUT2D eigenvalue weighted by Gasteiger charge is 2.90. The SMILES string of the molecule is CCN(CC)c1nc(N)nc2c1ncn2[C@@H]1O[C@]2(CCl)C(OP(=O)(N[C@@H](C)C(=O)OC(C)C)Oc3ccccc3)[C@]2(O)[C@@H]1F. The van der Waals surface area contributed by atoms with E-state index in [0.29, 0.717) is 24.4 Å². The molecule has 0 amide bonds. The van der Waals surface area contributed by atoms with Gasteiger partial charge in [-0.3, -0.25) is 13.9 Å². The Morgan fingerprint density at radius 3 is 2.55 bits per heavy atom. The van der Waals surface area contributed by atoms with Gasteiger partial charge in [-0.1, -0.05) is 18.2 Å². The number of nitrogens with two attached hydrogens (primary N) is 1. The van der Waals surface area contributed by atoms with Crippen LogP contribution in [0.4, 0.5) is 16.2 Å². The zero-order valence-electron chi connectivity index (χ0n) is 24.9. The Kier molecular flexibility index (Phi) is 8.84. The zero-order chi connectivity index (χ0) is 32.0. The molecule has 17 heteroatoms. The molecule has 7 atom stereocenters. The summed E-state index contributed by atoms with van der Waals surface area (Å²) in [6.07, 6.45) is -4.25. The van der Waals surface area contributed by atoms with E-state index in [1.807, 2.05) is 18.7 Å². The molecule has 0 radical (unpaired) electrons. The number of alkyl halides is 2. The number of anilines is 2. The molecule has 3 aromatic rings. The van der Waals surface area contributed by atoms with Crippen molar-refractivity contribution >= 4 is 48.2 Å². The fourth-order valence-corrected chi connectivity index (χ4v) is 7.55. The highest BCUT2D eigenvalue weighted by atomic mass is 35.5. The number of nitrogens with zero attached hydrogens (tertiary/aromatic N) is 5. The van der Waals surface area contributed by atoms with E-state index >= 15 is 4.39 Å². The van der Waals surface area contributed by atoms with Crippen molar-refractivity contribution in [2.75, 3.05) is 29.6 Å². The van der Waals surface area contributed by atoms with E-state index in [1.54, 1.807) is 32.0 Å². The Morgan fingerprint density at radius 1 is 1.27 bits per heavy atom. The molecular weight excluding hydrogens is 620 g/mol. The van der Waals surface area contributed by atoms with Gasteiger partial charge in [-0.05, 0) is 46.8 Å². The molecule has 14 nitrogen and oxygen atoms in total. The molecule has 2 fully saturated rings. The van der Waals surface area contributed by atoms with E-state index in [-0.39, 0.29) is 17.3 Å². The first-order valence-corrected chi connectivity index (χ1v) is 16.3. The molecule has 1 aliphatic carbocycles. The molecule has 2 aromatic heterocycles. The van der Waals surface area contributed by atoms with Gasteiger partial charge in [0, 0.05) is 13.1 Å². The number of ether oxygens (including phenoxy) is 2. The van der Waals surface area contributed by atoms with Gasteiger partial charge in [-0.25, -0.2) is 13.9 Å². The lowest BCUT2D eigenvalue weighted by molar-refractivity contribution is -0.149. The van der Waals surface area contributed by atoms with Crippen LogP contribution >= 0.6 is 19.3 Å². The Balaban J connectivity index is 1.44. The smallest absolute Gasteiger partial charge is 0.459 e. The number of rotatable bonds is 13. The molecule has 3 heterocycles. The second-order valence-electron chi connectivity index (χ2n) is 10.9. The largest absolute Gasteiger partial charge is 0.462 e. The highest BCUT2D eigenvalue weighted by Crippen LogP contribution is 2.69. The molecule has 1 saturated heterocycles. The lowest BCUT2D eigenvalue weighted by Gasteiger charge is -2.27. The van der Waals surface area contributed by atoms with Crippen LogP contribution in [0.15, 0.2) is 36.7 Å². The van der Waals surface area contributed by atoms with Crippen LogP contribution in [0.1, 0.15) is 40.8 Å². The van der Waals surface area contributed by atoms with Crippen molar-refractivity contribution in [2.45, 2.75) is 76.5 Å².